The van der Waals surface area contributed by atoms with Crippen LogP contribution in [0.25, 0.3) is 0 Å². The molecular weight excluding hydrogens is 510 g/mol. The van der Waals surface area contributed by atoms with E-state index in [9.17, 15) is 29.3 Å². The molecule has 0 aliphatic carbocycles. The Balaban J connectivity index is 1.46. The third-order valence-electron chi connectivity index (χ3n) is 5.44. The third-order valence-corrected chi connectivity index (χ3v) is 7.65. The van der Waals surface area contributed by atoms with Gasteiger partial charge in [-0.2, -0.15) is 0 Å². The summed E-state index contributed by atoms with van der Waals surface area (Å²) in [4.78, 5) is 62.2. The molecule has 0 spiro atoms. The highest BCUT2D eigenvalue weighted by Crippen LogP contribution is 2.41. The minimum absolute atomic E-state index is 0.0179. The molecule has 1 aromatic heterocycles. The fourth-order valence-corrected chi connectivity index (χ4v) is 5.73. The second-order valence-corrected chi connectivity index (χ2v) is 10.1. The number of β-lactam (4-membered cyclic amide) rings is 1. The largest absolute Gasteiger partial charge is 0.461 e. The number of rotatable bonds is 9. The number of nitro benzene ring substituents is 1. The van der Waals surface area contributed by atoms with Crippen LogP contribution in [0.15, 0.2) is 53.0 Å². The van der Waals surface area contributed by atoms with E-state index >= 15 is 0 Å². The topological polar surface area (TPSA) is 145 Å². The highest BCUT2D eigenvalue weighted by Gasteiger charge is 2.54. The number of thiophene rings is 1. The van der Waals surface area contributed by atoms with Gasteiger partial charge in [0.05, 0.1) is 11.3 Å². The average molecular weight is 532 g/mol. The lowest BCUT2D eigenvalue weighted by molar-refractivity contribution is -0.384. The van der Waals surface area contributed by atoms with E-state index < -0.39 is 34.2 Å². The fourth-order valence-electron chi connectivity index (χ4n) is 3.70. The Hall–Kier alpha value is -3.71. The first-order valence-corrected chi connectivity index (χ1v) is 12.7. The number of fused-ring (bicyclic) bond motifs is 1. The van der Waals surface area contributed by atoms with Crippen LogP contribution < -0.4 is 5.32 Å². The average Bonchev–Trinajstić information content (AvgIpc) is 3.37. The van der Waals surface area contributed by atoms with Crippen LogP contribution in [0.4, 0.5) is 5.69 Å². The predicted octanol–water partition coefficient (Wildman–Crippen LogP) is 2.16. The summed E-state index contributed by atoms with van der Waals surface area (Å²) in [5.41, 5.74) is 0.820. The van der Waals surface area contributed by atoms with E-state index in [0.29, 0.717) is 16.9 Å². The van der Waals surface area contributed by atoms with Crippen LogP contribution in [-0.2, 0) is 41.7 Å². The zero-order chi connectivity index (χ0) is 25.8. The molecule has 2 amide bonds. The van der Waals surface area contributed by atoms with Crippen molar-refractivity contribution in [1.82, 2.24) is 10.2 Å². The van der Waals surface area contributed by atoms with Crippen molar-refractivity contribution in [2.24, 2.45) is 0 Å². The lowest BCUT2D eigenvalue weighted by atomic mass is 10.0. The molecule has 36 heavy (non-hydrogen) atoms. The van der Waals surface area contributed by atoms with Gasteiger partial charge in [0.15, 0.2) is 0 Å². The molecule has 1 fully saturated rings. The number of ether oxygens (including phenoxy) is 2. The molecule has 0 saturated carbocycles. The Bertz CT molecular complexity index is 1230. The zero-order valence-corrected chi connectivity index (χ0v) is 20.6. The summed E-state index contributed by atoms with van der Waals surface area (Å²) in [5, 5.41) is 14.9. The van der Waals surface area contributed by atoms with Crippen molar-refractivity contribution in [3.8, 4) is 0 Å². The fraction of sp³-hybridized carbons (Fsp3) is 0.304. The van der Waals surface area contributed by atoms with Crippen molar-refractivity contribution >= 4 is 52.5 Å². The number of nitrogens with zero attached hydrogens (tertiary/aromatic N) is 2. The first-order valence-electron chi connectivity index (χ1n) is 10.8. The Kier molecular flexibility index (Phi) is 7.70. The monoisotopic (exact) mass is 531 g/mol. The molecule has 188 valence electrons. The molecule has 1 saturated heterocycles. The molecule has 2 aromatic rings. The molecule has 1 aromatic carbocycles. The van der Waals surface area contributed by atoms with E-state index in [1.807, 2.05) is 17.5 Å². The minimum atomic E-state index is -0.796. The lowest BCUT2D eigenvalue weighted by Gasteiger charge is -2.49. The first kappa shape index (κ1) is 25.4. The first-order chi connectivity index (χ1) is 17.2. The van der Waals surface area contributed by atoms with E-state index in [-0.39, 0.29) is 36.9 Å². The summed E-state index contributed by atoms with van der Waals surface area (Å²) in [7, 11) is 0. The number of amides is 2. The lowest BCUT2D eigenvalue weighted by Crippen LogP contribution is -2.70. The van der Waals surface area contributed by atoms with Crippen LogP contribution in [0.2, 0.25) is 0 Å². The van der Waals surface area contributed by atoms with Crippen molar-refractivity contribution < 1.29 is 33.6 Å². The van der Waals surface area contributed by atoms with E-state index in [0.717, 1.165) is 4.88 Å². The quantitative estimate of drug-likeness (QED) is 0.223. The summed E-state index contributed by atoms with van der Waals surface area (Å²) in [5.74, 6) is -1.80. The Morgan fingerprint density at radius 1 is 1.17 bits per heavy atom. The van der Waals surface area contributed by atoms with Crippen LogP contribution in [0.5, 0.6) is 0 Å². The predicted molar refractivity (Wildman–Crippen MR) is 130 cm³/mol. The van der Waals surface area contributed by atoms with Crippen molar-refractivity contribution in [3.05, 3.63) is 73.6 Å². The summed E-state index contributed by atoms with van der Waals surface area (Å²) in [6.45, 7) is 0.873. The maximum Gasteiger partial charge on any atom is 0.355 e. The van der Waals surface area contributed by atoms with Gasteiger partial charge in [0.2, 0.25) is 5.91 Å². The number of nitrogens with one attached hydrogen (secondary N) is 1. The normalized spacial score (nSPS) is 18.7. The number of nitro groups is 1. The van der Waals surface area contributed by atoms with Gasteiger partial charge in [-0.15, -0.1) is 23.1 Å². The molecule has 0 unspecified atom stereocenters. The summed E-state index contributed by atoms with van der Waals surface area (Å²) in [6, 6.07) is 8.40. The zero-order valence-electron chi connectivity index (χ0n) is 19.0. The molecule has 1 N–H and O–H groups in total. The Labute approximate surface area is 213 Å². The van der Waals surface area contributed by atoms with Crippen molar-refractivity contribution in [1.29, 1.82) is 0 Å². The van der Waals surface area contributed by atoms with Gasteiger partial charge in [0.25, 0.3) is 11.6 Å². The number of hydrogen-bond donors (Lipinski definition) is 1. The van der Waals surface area contributed by atoms with Crippen LogP contribution in [0.3, 0.4) is 0 Å². The second-order valence-electron chi connectivity index (χ2n) is 7.94. The van der Waals surface area contributed by atoms with Crippen molar-refractivity contribution in [2.45, 2.75) is 31.4 Å². The molecule has 0 bridgehead atoms. The minimum Gasteiger partial charge on any atom is -0.461 e. The maximum atomic E-state index is 13.1. The maximum absolute atomic E-state index is 13.1. The molecule has 2 aliphatic rings. The van der Waals surface area contributed by atoms with Gasteiger partial charge in [-0.25, -0.2) is 4.79 Å². The van der Waals surface area contributed by atoms with Gasteiger partial charge in [0, 0.05) is 35.3 Å². The summed E-state index contributed by atoms with van der Waals surface area (Å²) >= 11 is 2.79. The van der Waals surface area contributed by atoms with E-state index in [2.05, 4.69) is 5.32 Å². The third kappa shape index (κ3) is 5.57. The number of esters is 2. The number of hydrogen-bond acceptors (Lipinski definition) is 10. The molecule has 4 rings (SSSR count). The summed E-state index contributed by atoms with van der Waals surface area (Å²) < 4.78 is 10.5. The van der Waals surface area contributed by atoms with Crippen LogP contribution in [-0.4, -0.2) is 57.4 Å². The van der Waals surface area contributed by atoms with Gasteiger partial charge in [-0.3, -0.25) is 29.4 Å². The number of non-ortho nitro benzene ring substituents is 1. The van der Waals surface area contributed by atoms with Gasteiger partial charge in [-0.05, 0) is 29.1 Å². The molecule has 13 heteroatoms. The van der Waals surface area contributed by atoms with Crippen molar-refractivity contribution in [3.63, 3.8) is 0 Å². The SMILES string of the molecule is CC(=O)OCC1=C(C(=O)OCc2ccc([N+](=O)[O-])cc2)N2C(=O)[C@@H](NC(=O)Cc3cccs3)[C@H]2SC1. The van der Waals surface area contributed by atoms with Crippen LogP contribution >= 0.6 is 23.1 Å². The molecule has 0 radical (unpaired) electrons. The molecule has 11 nitrogen and oxygen atoms in total. The Morgan fingerprint density at radius 2 is 1.92 bits per heavy atom. The van der Waals surface area contributed by atoms with E-state index in [1.165, 1.54) is 59.2 Å². The summed E-state index contributed by atoms with van der Waals surface area (Å²) in [6.07, 6.45) is 0.149. The standard InChI is InChI=1S/C23H21N3O8S2/c1-13(27)33-11-15-12-36-22-19(24-18(28)9-17-3-2-8-35-17)21(29)25(22)20(15)23(30)34-10-14-4-6-16(7-5-14)26(31)32/h2-8,19,22H,9-12H2,1H3,(H,24,28)/t19-,22-/m1/s1. The van der Waals surface area contributed by atoms with Gasteiger partial charge >= 0.3 is 11.9 Å². The Morgan fingerprint density at radius 3 is 2.56 bits per heavy atom. The van der Waals surface area contributed by atoms with Crippen molar-refractivity contribution in [2.75, 3.05) is 12.4 Å². The number of benzene rings is 1. The van der Waals surface area contributed by atoms with E-state index in [1.54, 1.807) is 0 Å². The van der Waals surface area contributed by atoms with Crippen LogP contribution in [0.1, 0.15) is 17.4 Å². The number of carbonyl (C=O) groups is 4. The highest BCUT2D eigenvalue weighted by molar-refractivity contribution is 8.00. The molecule has 2 aliphatic heterocycles. The van der Waals surface area contributed by atoms with Gasteiger partial charge in [0.1, 0.15) is 30.3 Å². The van der Waals surface area contributed by atoms with E-state index in [4.69, 9.17) is 9.47 Å². The van der Waals surface area contributed by atoms with Gasteiger partial charge < -0.3 is 14.8 Å². The number of thioether (sulfide) groups is 1. The highest BCUT2D eigenvalue weighted by atomic mass is 32.2. The number of carbonyl (C=O) groups excluding carboxylic acids is 4. The molecular formula is C23H21N3O8S2. The smallest absolute Gasteiger partial charge is 0.355 e. The second kappa shape index (κ2) is 10.9. The molecule has 2 atom stereocenters. The molecule has 3 heterocycles. The van der Waals surface area contributed by atoms with Gasteiger partial charge in [-0.1, -0.05) is 6.07 Å². The van der Waals surface area contributed by atoms with Crippen LogP contribution in [0, 0.1) is 10.1 Å².